The van der Waals surface area contributed by atoms with Gasteiger partial charge in [0.15, 0.2) is 0 Å². The molecule has 236 valence electrons. The monoisotopic (exact) mass is 624 g/mol. The fourth-order valence-electron chi connectivity index (χ4n) is 5.72. The number of benzene rings is 2. The van der Waals surface area contributed by atoms with Crippen LogP contribution in [0.5, 0.6) is 17.2 Å². The van der Waals surface area contributed by atoms with Crippen LogP contribution in [-0.2, 0) is 4.79 Å². The molecule has 2 aromatic heterocycles. The highest BCUT2D eigenvalue weighted by molar-refractivity contribution is 5.95. The quantitative estimate of drug-likeness (QED) is 0.224. The molecule has 2 aromatic carbocycles. The second kappa shape index (κ2) is 13.3. The fourth-order valence-corrected chi connectivity index (χ4v) is 5.72. The Morgan fingerprint density at radius 1 is 1.11 bits per heavy atom. The van der Waals surface area contributed by atoms with E-state index in [-0.39, 0.29) is 23.4 Å². The molecule has 0 spiro atoms. The summed E-state index contributed by atoms with van der Waals surface area (Å²) in [6.45, 7) is 5.48. The molecule has 2 aliphatic rings. The average molecular weight is 625 g/mol. The van der Waals surface area contributed by atoms with Crippen molar-refractivity contribution in [2.24, 2.45) is 5.92 Å². The summed E-state index contributed by atoms with van der Waals surface area (Å²) in [4.78, 5) is 28.7. The predicted octanol–water partition coefficient (Wildman–Crippen LogP) is 4.62. The number of aliphatic hydroxyl groups is 1. The molecule has 2 saturated heterocycles. The Bertz CT molecular complexity index is 1810. The van der Waals surface area contributed by atoms with Gasteiger partial charge in [0, 0.05) is 62.0 Å². The van der Waals surface area contributed by atoms with Gasteiger partial charge in [-0.1, -0.05) is 6.58 Å². The summed E-state index contributed by atoms with van der Waals surface area (Å²) >= 11 is 0. The van der Waals surface area contributed by atoms with Crippen molar-refractivity contribution in [3.63, 3.8) is 0 Å². The molecule has 2 aliphatic heterocycles. The minimum Gasteiger partial charge on any atom is -0.495 e. The summed E-state index contributed by atoms with van der Waals surface area (Å²) in [5.41, 5.74) is 1.56. The maximum absolute atomic E-state index is 15.4. The summed E-state index contributed by atoms with van der Waals surface area (Å²) in [5.74, 6) is 1.19. The summed E-state index contributed by atoms with van der Waals surface area (Å²) in [6.07, 6.45) is 5.08. The smallest absolute Gasteiger partial charge is 0.245 e. The van der Waals surface area contributed by atoms with Gasteiger partial charge in [0.1, 0.15) is 41.0 Å². The van der Waals surface area contributed by atoms with Crippen molar-refractivity contribution >= 4 is 39.8 Å². The summed E-state index contributed by atoms with van der Waals surface area (Å²) in [6, 6.07) is 13.7. The summed E-state index contributed by atoms with van der Waals surface area (Å²) < 4.78 is 26.9. The number of hydrogen-bond donors (Lipinski definition) is 3. The Kier molecular flexibility index (Phi) is 8.80. The Morgan fingerprint density at radius 2 is 1.91 bits per heavy atom. The molecule has 0 radical (unpaired) electrons. The van der Waals surface area contributed by atoms with Gasteiger partial charge in [-0.05, 0) is 43.2 Å². The first-order chi connectivity index (χ1) is 22.3. The second-order valence-electron chi connectivity index (χ2n) is 11.2. The topological polar surface area (TPSA) is 149 Å². The molecule has 3 N–H and O–H groups in total. The highest BCUT2D eigenvalue weighted by Gasteiger charge is 2.32. The lowest BCUT2D eigenvalue weighted by atomic mass is 10.0. The van der Waals surface area contributed by atoms with Crippen LogP contribution < -0.4 is 25.0 Å². The molecule has 6 rings (SSSR count). The van der Waals surface area contributed by atoms with Gasteiger partial charge in [0.25, 0.3) is 0 Å². The lowest BCUT2D eigenvalue weighted by Crippen LogP contribution is -2.41. The summed E-state index contributed by atoms with van der Waals surface area (Å²) in [7, 11) is 1.59. The zero-order valence-electron chi connectivity index (χ0n) is 25.2. The first-order valence-electron chi connectivity index (χ1n) is 14.9. The van der Waals surface area contributed by atoms with Gasteiger partial charge in [-0.25, -0.2) is 19.3 Å². The van der Waals surface area contributed by atoms with Crippen LogP contribution in [0, 0.1) is 23.1 Å². The number of β-amino-alcohol motifs (C(OH)–C–C–N with tert-alkyl or cyclic N) is 1. The summed E-state index contributed by atoms with van der Waals surface area (Å²) in [5, 5.41) is 26.6. The van der Waals surface area contributed by atoms with Crippen LogP contribution in [0.15, 0.2) is 67.6 Å². The van der Waals surface area contributed by atoms with Gasteiger partial charge < -0.3 is 35.0 Å². The third kappa shape index (κ3) is 6.47. The Balaban J connectivity index is 1.17. The number of nitrogens with zero attached hydrogens (tertiary/aromatic N) is 6. The minimum absolute atomic E-state index is 0.0671. The Labute approximate surface area is 265 Å². The van der Waals surface area contributed by atoms with Crippen LogP contribution >= 0.6 is 0 Å². The lowest BCUT2D eigenvalue weighted by Gasteiger charge is -2.32. The molecule has 13 heteroatoms. The number of fused-ring (bicyclic) bond motifs is 1. The Morgan fingerprint density at radius 3 is 2.63 bits per heavy atom. The molecule has 46 heavy (non-hydrogen) atoms. The van der Waals surface area contributed by atoms with Crippen molar-refractivity contribution in [3.05, 3.63) is 73.5 Å². The molecule has 0 bridgehead atoms. The number of ether oxygens (including phenoxy) is 2. The lowest BCUT2D eigenvalue weighted by molar-refractivity contribution is -0.126. The molecule has 4 heterocycles. The molecule has 0 saturated carbocycles. The zero-order chi connectivity index (χ0) is 32.2. The van der Waals surface area contributed by atoms with Crippen molar-refractivity contribution in [1.82, 2.24) is 19.9 Å². The third-order valence-corrected chi connectivity index (χ3v) is 8.22. The van der Waals surface area contributed by atoms with E-state index in [1.54, 1.807) is 48.5 Å². The molecular formula is C33H33FN8O4. The number of hydrogen-bond acceptors (Lipinski definition) is 11. The van der Waals surface area contributed by atoms with Gasteiger partial charge >= 0.3 is 0 Å². The standard InChI is InChI=1S/C33H33FN8O4/c1-3-32(44)41-10-7-21(8-11-41)39-28-14-24-27(15-30(28)45-2)37-19-38-33(24)40-26-5-4-22(12-25(26)34)46-23-6-9-36-31(13-23)42-17-20(16-35)29(43)18-42/h3-6,9,12-15,19-21,29,39,43H,1,7-8,10-11,17-18H2,2H3,(H,37,38,40)/t20-,29-/m0/s1. The number of piperidine rings is 1. The van der Waals surface area contributed by atoms with E-state index in [0.717, 1.165) is 18.5 Å². The fraction of sp³-hybridized carbons (Fsp3) is 0.303. The van der Waals surface area contributed by atoms with E-state index < -0.39 is 17.8 Å². The van der Waals surface area contributed by atoms with Crippen LogP contribution in [0.3, 0.4) is 0 Å². The van der Waals surface area contributed by atoms with Crippen LogP contribution in [-0.4, -0.2) is 76.3 Å². The van der Waals surface area contributed by atoms with E-state index in [1.165, 1.54) is 18.5 Å². The third-order valence-electron chi connectivity index (χ3n) is 8.22. The molecular weight excluding hydrogens is 591 g/mol. The number of aromatic nitrogens is 3. The van der Waals surface area contributed by atoms with Crippen LogP contribution in [0.4, 0.5) is 27.4 Å². The van der Waals surface area contributed by atoms with Crippen molar-refractivity contribution < 1.29 is 23.8 Å². The molecule has 2 fully saturated rings. The molecule has 1 amide bonds. The number of halogens is 1. The van der Waals surface area contributed by atoms with E-state index >= 15 is 4.39 Å². The van der Waals surface area contributed by atoms with Crippen molar-refractivity contribution in [1.29, 1.82) is 5.26 Å². The minimum atomic E-state index is -0.749. The number of nitrogens with one attached hydrogen (secondary N) is 2. The van der Waals surface area contributed by atoms with Gasteiger partial charge in [-0.15, -0.1) is 0 Å². The first-order valence-corrected chi connectivity index (χ1v) is 14.9. The zero-order valence-corrected chi connectivity index (χ0v) is 25.2. The van der Waals surface area contributed by atoms with E-state index in [0.29, 0.717) is 60.2 Å². The molecule has 4 aromatic rings. The molecule has 2 atom stereocenters. The van der Waals surface area contributed by atoms with Crippen LogP contribution in [0.2, 0.25) is 0 Å². The normalized spacial score (nSPS) is 18.2. The van der Waals surface area contributed by atoms with Gasteiger partial charge in [0.2, 0.25) is 5.91 Å². The number of amides is 1. The number of carbonyl (C=O) groups is 1. The highest BCUT2D eigenvalue weighted by Crippen LogP contribution is 2.35. The number of rotatable bonds is 9. The molecule has 0 aliphatic carbocycles. The SMILES string of the molecule is C=CC(=O)N1CCC(Nc2cc3c(Nc4ccc(Oc5ccnc(N6C[C@H](O)[C@@H](C#N)C6)c5)cc4F)ncnc3cc2OC)CC1. The number of pyridine rings is 1. The van der Waals surface area contributed by atoms with Crippen LogP contribution in [0.25, 0.3) is 10.9 Å². The van der Waals surface area contributed by atoms with Crippen LogP contribution in [0.1, 0.15) is 12.8 Å². The van der Waals surface area contributed by atoms with Gasteiger partial charge in [-0.3, -0.25) is 4.79 Å². The number of likely N-dealkylation sites (tertiary alicyclic amines) is 1. The van der Waals surface area contributed by atoms with E-state index in [4.69, 9.17) is 9.47 Å². The van der Waals surface area contributed by atoms with Crippen molar-refractivity contribution in [3.8, 4) is 23.3 Å². The van der Waals surface area contributed by atoms with E-state index in [9.17, 15) is 15.2 Å². The largest absolute Gasteiger partial charge is 0.495 e. The van der Waals surface area contributed by atoms with E-state index in [2.05, 4.69) is 38.2 Å². The number of nitriles is 1. The van der Waals surface area contributed by atoms with Crippen molar-refractivity contribution in [2.75, 3.05) is 48.8 Å². The van der Waals surface area contributed by atoms with E-state index in [1.807, 2.05) is 11.0 Å². The second-order valence-corrected chi connectivity index (χ2v) is 11.2. The molecule has 12 nitrogen and oxygen atoms in total. The maximum Gasteiger partial charge on any atom is 0.245 e. The maximum atomic E-state index is 15.4. The van der Waals surface area contributed by atoms with Gasteiger partial charge in [0.05, 0.1) is 42.1 Å². The molecule has 0 unspecified atom stereocenters. The predicted molar refractivity (Wildman–Crippen MR) is 171 cm³/mol. The number of methoxy groups -OCH3 is 1. The first kappa shape index (κ1) is 30.5. The number of anilines is 4. The van der Waals surface area contributed by atoms with Crippen molar-refractivity contribution in [2.45, 2.75) is 25.0 Å². The average Bonchev–Trinajstić information content (AvgIpc) is 3.46. The number of carbonyl (C=O) groups excluding carboxylic acids is 1. The number of aliphatic hydroxyl groups excluding tert-OH is 1. The Hall–Kier alpha value is -5.48. The highest BCUT2D eigenvalue weighted by atomic mass is 19.1. The van der Waals surface area contributed by atoms with Gasteiger partial charge in [-0.2, -0.15) is 5.26 Å².